The van der Waals surface area contributed by atoms with E-state index in [0.717, 1.165) is 31.4 Å². The maximum absolute atomic E-state index is 11.8. The third kappa shape index (κ3) is 2.19. The van der Waals surface area contributed by atoms with Crippen molar-refractivity contribution in [2.24, 2.45) is 11.3 Å². The van der Waals surface area contributed by atoms with E-state index in [1.807, 2.05) is 36.4 Å². The van der Waals surface area contributed by atoms with Gasteiger partial charge in [0.1, 0.15) is 11.7 Å². The van der Waals surface area contributed by atoms with E-state index in [0.29, 0.717) is 17.8 Å². The average Bonchev–Trinajstić information content (AvgIpc) is 3.65. The lowest BCUT2D eigenvalue weighted by Gasteiger charge is -2.72. The lowest BCUT2D eigenvalue weighted by Crippen LogP contribution is -2.79. The van der Waals surface area contributed by atoms with Crippen LogP contribution < -0.4 is 4.74 Å². The number of aryl methyl sites for hydroxylation is 1. The van der Waals surface area contributed by atoms with Gasteiger partial charge < -0.3 is 19.7 Å². The van der Waals surface area contributed by atoms with Crippen LogP contribution in [-0.2, 0) is 16.6 Å². The molecule has 2 aromatic carbocycles. The Hall–Kier alpha value is -2.34. The summed E-state index contributed by atoms with van der Waals surface area (Å²) in [5, 5.41) is 22.9. The zero-order chi connectivity index (χ0) is 23.7. The molecule has 2 N–H and O–H groups in total. The summed E-state index contributed by atoms with van der Waals surface area (Å²) >= 11 is 0. The molecule has 2 heterocycles. The van der Waals surface area contributed by atoms with E-state index in [4.69, 9.17) is 9.47 Å². The van der Waals surface area contributed by atoms with Gasteiger partial charge in [0.2, 0.25) is 0 Å². The number of phenolic OH excluding ortho intramolecular Hbond substituents is 1. The third-order valence-electron chi connectivity index (χ3n) is 10.8. The van der Waals surface area contributed by atoms with Crippen molar-refractivity contribution in [1.29, 1.82) is 0 Å². The van der Waals surface area contributed by atoms with Crippen LogP contribution in [0.5, 0.6) is 11.5 Å². The summed E-state index contributed by atoms with van der Waals surface area (Å²) in [4.78, 5) is 2.79. The van der Waals surface area contributed by atoms with Gasteiger partial charge in [0.25, 0.3) is 0 Å². The predicted molar refractivity (Wildman–Crippen MR) is 132 cm³/mol. The molecule has 7 aliphatic rings. The molecule has 2 spiro atoms. The molecule has 2 saturated carbocycles. The summed E-state index contributed by atoms with van der Waals surface area (Å²) in [5.74, 6) is 0.770. The first-order valence-electron chi connectivity index (χ1n) is 13.2. The highest BCUT2D eigenvalue weighted by molar-refractivity contribution is 5.67. The van der Waals surface area contributed by atoms with Gasteiger partial charge >= 0.3 is 0 Å². The number of ether oxygens (including phenoxy) is 2. The van der Waals surface area contributed by atoms with Crippen molar-refractivity contribution in [2.75, 3.05) is 13.7 Å². The van der Waals surface area contributed by atoms with E-state index < -0.39 is 11.7 Å². The lowest BCUT2D eigenvalue weighted by atomic mass is 9.36. The zero-order valence-electron chi connectivity index (χ0n) is 20.4. The number of hydrogen-bond acceptors (Lipinski definition) is 5. The van der Waals surface area contributed by atoms with Crippen molar-refractivity contribution in [3.8, 4) is 11.5 Å². The molecule has 35 heavy (non-hydrogen) atoms. The molecule has 0 radical (unpaired) electrons. The fourth-order valence-corrected chi connectivity index (χ4v) is 9.28. The summed E-state index contributed by atoms with van der Waals surface area (Å²) in [6.07, 6.45) is 9.17. The van der Waals surface area contributed by atoms with Crippen LogP contribution in [0.3, 0.4) is 0 Å². The van der Waals surface area contributed by atoms with Gasteiger partial charge in [-0.3, -0.25) is 4.90 Å². The molecule has 1 saturated heterocycles. The molecule has 2 unspecified atom stereocenters. The fraction of sp³-hybridized carbons (Fsp3) is 0.533. The van der Waals surface area contributed by atoms with Gasteiger partial charge in [0, 0.05) is 36.1 Å². The molecule has 5 aliphatic carbocycles. The molecule has 0 aromatic heterocycles. The van der Waals surface area contributed by atoms with Gasteiger partial charge in [-0.05, 0) is 68.3 Å². The number of rotatable bonds is 4. The van der Waals surface area contributed by atoms with Crippen molar-refractivity contribution in [3.63, 3.8) is 0 Å². The van der Waals surface area contributed by atoms with Crippen molar-refractivity contribution in [2.45, 2.75) is 74.3 Å². The van der Waals surface area contributed by atoms with E-state index in [9.17, 15) is 10.2 Å². The summed E-state index contributed by atoms with van der Waals surface area (Å²) in [5.41, 5.74) is 3.54. The highest BCUT2D eigenvalue weighted by atomic mass is 16.6. The first kappa shape index (κ1) is 20.8. The second kappa shape index (κ2) is 6.50. The highest BCUT2D eigenvalue weighted by Gasteiger charge is 2.80. The molecule has 2 aliphatic heterocycles. The Balaban J connectivity index is 1.39. The number of fused-ring (bicyclic) bond motifs is 1. The summed E-state index contributed by atoms with van der Waals surface area (Å²) in [6, 6.07) is 12.9. The third-order valence-corrected chi connectivity index (χ3v) is 10.8. The number of benzene rings is 2. The van der Waals surface area contributed by atoms with Gasteiger partial charge in [-0.1, -0.05) is 42.5 Å². The quantitative estimate of drug-likeness (QED) is 0.655. The summed E-state index contributed by atoms with van der Waals surface area (Å²) in [6.45, 7) is 3.20. The molecule has 9 rings (SSSR count). The van der Waals surface area contributed by atoms with Crippen molar-refractivity contribution in [3.05, 3.63) is 70.8 Å². The largest absolute Gasteiger partial charge is 0.504 e. The lowest BCUT2D eigenvalue weighted by molar-refractivity contribution is -0.233. The van der Waals surface area contributed by atoms with Crippen LogP contribution in [-0.4, -0.2) is 52.6 Å². The Labute approximate surface area is 206 Å². The Kier molecular flexibility index (Phi) is 3.87. The SMILES string of the molecule is CO[C@]12C=CC3(C[C@@H]1[C@H](O)c1ccccc1)C1Cc4c(C)cc(O)c5c4[C@@]3(CCN1C1CC1)[C@@H]2O5. The van der Waals surface area contributed by atoms with Crippen molar-refractivity contribution in [1.82, 2.24) is 4.90 Å². The standard InChI is InChI=1S/C30H33NO4/c1-17-14-22(32)26-24-20(17)15-23-28-10-11-30(34-2,21(16-28)25(33)18-6-4-3-5-7-18)27(35-26)29(24,28)12-13-31(23)19-8-9-19/h3-7,10-11,14,19,21,23,25,27,32-33H,8-9,12-13,15-16H2,1-2H3/t21-,23?,25-,27+,28?,29+,30-/m1/s1. The molecule has 0 amide bonds. The van der Waals surface area contributed by atoms with Gasteiger partial charge in [0.05, 0.1) is 11.5 Å². The van der Waals surface area contributed by atoms with Crippen molar-refractivity contribution >= 4 is 0 Å². The predicted octanol–water partition coefficient (Wildman–Crippen LogP) is 4.19. The average molecular weight is 472 g/mol. The topological polar surface area (TPSA) is 62.2 Å². The van der Waals surface area contributed by atoms with Gasteiger partial charge in [0.15, 0.2) is 11.5 Å². The van der Waals surface area contributed by atoms with Gasteiger partial charge in [-0.15, -0.1) is 0 Å². The normalized spacial score (nSPS) is 40.9. The number of aromatic hydroxyl groups is 1. The number of methoxy groups -OCH3 is 1. The summed E-state index contributed by atoms with van der Waals surface area (Å²) in [7, 11) is 1.77. The fourth-order valence-electron chi connectivity index (χ4n) is 9.28. The number of piperidine rings is 1. The minimum Gasteiger partial charge on any atom is -0.504 e. The maximum Gasteiger partial charge on any atom is 0.165 e. The van der Waals surface area contributed by atoms with Crippen LogP contribution in [0.15, 0.2) is 48.6 Å². The molecule has 5 heteroatoms. The Bertz CT molecular complexity index is 1270. The molecule has 7 atom stereocenters. The van der Waals surface area contributed by atoms with Crippen LogP contribution >= 0.6 is 0 Å². The molecule has 4 bridgehead atoms. The maximum atomic E-state index is 11.8. The Morgan fingerprint density at radius 2 is 1.97 bits per heavy atom. The Morgan fingerprint density at radius 1 is 1.17 bits per heavy atom. The number of nitrogens with zero attached hydrogens (tertiary/aromatic N) is 1. The first-order chi connectivity index (χ1) is 17.0. The molecule has 2 aromatic rings. The highest BCUT2D eigenvalue weighted by Crippen LogP contribution is 2.76. The molecular formula is C30H33NO4. The van der Waals surface area contributed by atoms with Crippen LogP contribution in [0.25, 0.3) is 0 Å². The van der Waals surface area contributed by atoms with E-state index in [1.165, 1.54) is 29.5 Å². The van der Waals surface area contributed by atoms with E-state index >= 15 is 0 Å². The van der Waals surface area contributed by atoms with Crippen LogP contribution in [0.2, 0.25) is 0 Å². The number of hydrogen-bond donors (Lipinski definition) is 2. The smallest absolute Gasteiger partial charge is 0.165 e. The number of likely N-dealkylation sites (tertiary alicyclic amines) is 1. The van der Waals surface area contributed by atoms with E-state index in [-0.39, 0.29) is 28.6 Å². The summed E-state index contributed by atoms with van der Waals surface area (Å²) < 4.78 is 13.3. The Morgan fingerprint density at radius 3 is 2.71 bits per heavy atom. The number of aliphatic hydroxyl groups is 1. The monoisotopic (exact) mass is 471 g/mol. The molecule has 182 valence electrons. The molecular weight excluding hydrogens is 438 g/mol. The van der Waals surface area contributed by atoms with Gasteiger partial charge in [-0.2, -0.15) is 0 Å². The van der Waals surface area contributed by atoms with E-state index in [2.05, 4.69) is 24.0 Å². The van der Waals surface area contributed by atoms with Crippen LogP contribution in [0, 0.1) is 18.3 Å². The van der Waals surface area contributed by atoms with Crippen LogP contribution in [0.4, 0.5) is 0 Å². The first-order valence-corrected chi connectivity index (χ1v) is 13.2. The number of aliphatic hydroxyl groups excluding tert-OH is 1. The number of phenols is 1. The van der Waals surface area contributed by atoms with Crippen LogP contribution in [0.1, 0.15) is 54.0 Å². The second-order valence-corrected chi connectivity index (χ2v) is 11.9. The minimum atomic E-state index is -0.767. The minimum absolute atomic E-state index is 0.140. The van der Waals surface area contributed by atoms with Crippen molar-refractivity contribution < 1.29 is 19.7 Å². The molecule has 5 nitrogen and oxygen atoms in total. The molecule has 3 fully saturated rings. The zero-order valence-corrected chi connectivity index (χ0v) is 20.4. The van der Waals surface area contributed by atoms with Gasteiger partial charge in [-0.25, -0.2) is 0 Å². The van der Waals surface area contributed by atoms with E-state index in [1.54, 1.807) is 7.11 Å². The second-order valence-electron chi connectivity index (χ2n) is 11.9.